The van der Waals surface area contributed by atoms with E-state index in [-0.39, 0.29) is 18.4 Å². The van der Waals surface area contributed by atoms with Gasteiger partial charge in [0.25, 0.3) is 0 Å². The van der Waals surface area contributed by atoms with Crippen LogP contribution in [-0.4, -0.2) is 38.7 Å². The van der Waals surface area contributed by atoms with E-state index in [4.69, 9.17) is 9.84 Å². The number of hydrogen-bond acceptors (Lipinski definition) is 6. The Morgan fingerprint density at radius 1 is 1.05 bits per heavy atom. The van der Waals surface area contributed by atoms with Gasteiger partial charge in [-0.3, -0.25) is 10.1 Å². The molecule has 5 rings (SSSR count). The van der Waals surface area contributed by atoms with Crippen molar-refractivity contribution >= 4 is 29.2 Å². The van der Waals surface area contributed by atoms with Gasteiger partial charge in [0.15, 0.2) is 5.65 Å². The third-order valence-electron chi connectivity index (χ3n) is 6.33. The summed E-state index contributed by atoms with van der Waals surface area (Å²) in [5.41, 5.74) is 4.71. The monoisotopic (exact) mass is 524 g/mol. The highest BCUT2D eigenvalue weighted by molar-refractivity contribution is 5.98. The van der Waals surface area contributed by atoms with Crippen molar-refractivity contribution in [1.82, 2.24) is 19.9 Å². The van der Waals surface area contributed by atoms with Gasteiger partial charge in [0.05, 0.1) is 18.3 Å². The lowest BCUT2D eigenvalue weighted by atomic mass is 10.1. The molecule has 2 amide bonds. The number of nitrogens with one attached hydrogen (secondary N) is 2. The van der Waals surface area contributed by atoms with Crippen molar-refractivity contribution in [3.8, 4) is 11.3 Å². The molecule has 0 unspecified atom stereocenters. The molecule has 1 fully saturated rings. The van der Waals surface area contributed by atoms with E-state index in [0.29, 0.717) is 6.54 Å². The minimum atomic E-state index is -0.586. The highest BCUT2D eigenvalue weighted by Crippen LogP contribution is 2.28. The van der Waals surface area contributed by atoms with Crippen LogP contribution in [0.3, 0.4) is 0 Å². The number of amides is 2. The third kappa shape index (κ3) is 6.09. The van der Waals surface area contributed by atoms with Crippen LogP contribution in [-0.2, 0) is 9.53 Å². The molecule has 2 aromatic carbocycles. The standard InChI is InChI=1S/C30H32N6O3/c1-20(22-8-6-5-7-9-22)33-26-14-15-27-31-18-25(36(27)34-26)23-10-12-24(13-11-23)35-19-21(16-28(35)37)17-32-29(38)39-30(2,3)4/h5-15,17-18,20H,16,19H2,1-4H3,(H,32,38)(H,33,34)/b21-17-/t20-/m1/s1. The number of benzene rings is 2. The zero-order valence-corrected chi connectivity index (χ0v) is 22.5. The Labute approximate surface area is 227 Å². The van der Waals surface area contributed by atoms with Crippen molar-refractivity contribution in [2.75, 3.05) is 16.8 Å². The number of aromatic nitrogens is 3. The predicted molar refractivity (Wildman–Crippen MR) is 151 cm³/mol. The van der Waals surface area contributed by atoms with Gasteiger partial charge >= 0.3 is 6.09 Å². The van der Waals surface area contributed by atoms with Crippen LogP contribution in [0.15, 0.2) is 84.7 Å². The normalized spacial score (nSPS) is 15.5. The highest BCUT2D eigenvalue weighted by atomic mass is 16.6. The molecule has 9 heteroatoms. The van der Waals surface area contributed by atoms with Crippen molar-refractivity contribution in [2.24, 2.45) is 0 Å². The Morgan fingerprint density at radius 2 is 1.79 bits per heavy atom. The third-order valence-corrected chi connectivity index (χ3v) is 6.33. The van der Waals surface area contributed by atoms with E-state index >= 15 is 0 Å². The maximum Gasteiger partial charge on any atom is 0.411 e. The maximum absolute atomic E-state index is 12.7. The van der Waals surface area contributed by atoms with E-state index in [0.717, 1.165) is 34.0 Å². The van der Waals surface area contributed by atoms with E-state index < -0.39 is 11.7 Å². The van der Waals surface area contributed by atoms with Gasteiger partial charge in [0.2, 0.25) is 5.91 Å². The van der Waals surface area contributed by atoms with Crippen LogP contribution in [0.5, 0.6) is 0 Å². The van der Waals surface area contributed by atoms with Crippen LogP contribution in [0.1, 0.15) is 45.7 Å². The second-order valence-corrected chi connectivity index (χ2v) is 10.6. The van der Waals surface area contributed by atoms with E-state index in [1.807, 2.05) is 59.1 Å². The van der Waals surface area contributed by atoms with Gasteiger partial charge < -0.3 is 15.0 Å². The number of fused-ring (bicyclic) bond motifs is 1. The molecule has 4 aromatic rings. The van der Waals surface area contributed by atoms with Crippen LogP contribution in [0.4, 0.5) is 16.3 Å². The molecule has 0 spiro atoms. The molecule has 2 aromatic heterocycles. The minimum Gasteiger partial charge on any atom is -0.444 e. The number of ether oxygens (including phenoxy) is 1. The number of rotatable bonds is 6. The second kappa shape index (κ2) is 10.6. The lowest BCUT2D eigenvalue weighted by Crippen LogP contribution is -2.30. The average molecular weight is 525 g/mol. The topological polar surface area (TPSA) is 101 Å². The number of hydrogen-bond donors (Lipinski definition) is 2. The van der Waals surface area contributed by atoms with Gasteiger partial charge in [-0.15, -0.1) is 5.10 Å². The highest BCUT2D eigenvalue weighted by Gasteiger charge is 2.26. The molecule has 1 aliphatic rings. The molecular weight excluding hydrogens is 492 g/mol. The lowest BCUT2D eigenvalue weighted by molar-refractivity contribution is -0.116. The summed E-state index contributed by atoms with van der Waals surface area (Å²) in [6, 6.07) is 21.9. The van der Waals surface area contributed by atoms with Gasteiger partial charge in [-0.1, -0.05) is 42.5 Å². The van der Waals surface area contributed by atoms with Crippen molar-refractivity contribution < 1.29 is 14.3 Å². The molecule has 1 saturated heterocycles. The van der Waals surface area contributed by atoms with E-state index in [1.165, 1.54) is 5.56 Å². The van der Waals surface area contributed by atoms with Crippen molar-refractivity contribution in [3.63, 3.8) is 0 Å². The molecule has 0 radical (unpaired) electrons. The predicted octanol–water partition coefficient (Wildman–Crippen LogP) is 5.71. The summed E-state index contributed by atoms with van der Waals surface area (Å²) >= 11 is 0. The Hall–Kier alpha value is -4.66. The van der Waals surface area contributed by atoms with E-state index in [2.05, 4.69) is 34.7 Å². The number of imidazole rings is 1. The summed E-state index contributed by atoms with van der Waals surface area (Å²) in [4.78, 5) is 30.8. The first kappa shape index (κ1) is 26.0. The SMILES string of the molecule is C[C@@H](Nc1ccc2ncc(-c3ccc(N4C/C(=C\NC(=O)OC(C)(C)C)CC4=O)cc3)n2n1)c1ccccc1. The minimum absolute atomic E-state index is 0.0280. The summed E-state index contributed by atoms with van der Waals surface area (Å²) in [7, 11) is 0. The number of carbonyl (C=O) groups is 2. The lowest BCUT2D eigenvalue weighted by Gasteiger charge is -2.19. The zero-order chi connectivity index (χ0) is 27.6. The largest absolute Gasteiger partial charge is 0.444 e. The van der Waals surface area contributed by atoms with Crippen LogP contribution < -0.4 is 15.5 Å². The average Bonchev–Trinajstić information content (AvgIpc) is 3.50. The molecule has 1 atom stereocenters. The number of nitrogens with zero attached hydrogens (tertiary/aromatic N) is 4. The fourth-order valence-electron chi connectivity index (χ4n) is 4.44. The molecule has 2 N–H and O–H groups in total. The van der Waals surface area contributed by atoms with E-state index in [9.17, 15) is 9.59 Å². The fourth-order valence-corrected chi connectivity index (χ4v) is 4.44. The van der Waals surface area contributed by atoms with Crippen LogP contribution in [0.2, 0.25) is 0 Å². The number of alkyl carbamates (subject to hydrolysis) is 1. The molecule has 1 aliphatic heterocycles. The van der Waals surface area contributed by atoms with Crippen LogP contribution in [0.25, 0.3) is 16.9 Å². The molecule has 9 nitrogen and oxygen atoms in total. The van der Waals surface area contributed by atoms with Gasteiger partial charge in [0.1, 0.15) is 11.4 Å². The zero-order valence-electron chi connectivity index (χ0n) is 22.5. The Bertz CT molecular complexity index is 1520. The number of carbonyl (C=O) groups excluding carboxylic acids is 2. The van der Waals surface area contributed by atoms with Gasteiger partial charge in [-0.25, -0.2) is 14.3 Å². The number of anilines is 2. The quantitative estimate of drug-likeness (QED) is 0.335. The molecule has 3 heterocycles. The smallest absolute Gasteiger partial charge is 0.411 e. The molecule has 0 bridgehead atoms. The molecule has 0 aliphatic carbocycles. The fraction of sp³-hybridized carbons (Fsp3) is 0.267. The van der Waals surface area contributed by atoms with Crippen LogP contribution >= 0.6 is 0 Å². The maximum atomic E-state index is 12.7. The molecule has 200 valence electrons. The van der Waals surface area contributed by atoms with Gasteiger partial charge in [-0.05, 0) is 63.1 Å². The Kier molecular flexibility index (Phi) is 7.06. The first-order chi connectivity index (χ1) is 18.7. The van der Waals surface area contributed by atoms with Crippen molar-refractivity contribution in [1.29, 1.82) is 0 Å². The van der Waals surface area contributed by atoms with Crippen LogP contribution in [0, 0.1) is 0 Å². The Balaban J connectivity index is 1.29. The molecule has 39 heavy (non-hydrogen) atoms. The first-order valence-corrected chi connectivity index (χ1v) is 12.9. The summed E-state index contributed by atoms with van der Waals surface area (Å²) < 4.78 is 7.07. The summed E-state index contributed by atoms with van der Waals surface area (Å²) in [5, 5.41) is 10.9. The van der Waals surface area contributed by atoms with Gasteiger partial charge in [0, 0.05) is 30.0 Å². The van der Waals surface area contributed by atoms with Gasteiger partial charge in [-0.2, -0.15) is 0 Å². The Morgan fingerprint density at radius 3 is 2.51 bits per heavy atom. The van der Waals surface area contributed by atoms with Crippen molar-refractivity contribution in [2.45, 2.75) is 45.8 Å². The molecule has 0 saturated carbocycles. The summed E-state index contributed by atoms with van der Waals surface area (Å²) in [6.45, 7) is 7.91. The summed E-state index contributed by atoms with van der Waals surface area (Å²) in [6.07, 6.45) is 3.06. The molecular formula is C30H32N6O3. The van der Waals surface area contributed by atoms with Crippen molar-refractivity contribution in [3.05, 3.63) is 90.3 Å². The first-order valence-electron chi connectivity index (χ1n) is 12.9. The van der Waals surface area contributed by atoms with E-state index in [1.54, 1.807) is 38.1 Å². The summed E-state index contributed by atoms with van der Waals surface area (Å²) in [5.74, 6) is 0.719. The second-order valence-electron chi connectivity index (χ2n) is 10.6.